The summed E-state index contributed by atoms with van der Waals surface area (Å²) in [6.45, 7) is 0.693. The van der Waals surface area contributed by atoms with Crippen LogP contribution in [0.1, 0.15) is 5.56 Å². The molecule has 3 aromatic carbocycles. The third kappa shape index (κ3) is 3.55. The Kier molecular flexibility index (Phi) is 5.22. The maximum Gasteiger partial charge on any atom is 0.433 e. The van der Waals surface area contributed by atoms with Gasteiger partial charge in [-0.15, -0.1) is 0 Å². The summed E-state index contributed by atoms with van der Waals surface area (Å²) < 4.78 is 39.5. The van der Waals surface area contributed by atoms with Crippen molar-refractivity contribution < 1.29 is 32.0 Å². The second-order valence-corrected chi connectivity index (χ2v) is 9.54. The Balaban J connectivity index is 1.33. The normalized spacial score (nSPS) is 26.5. The predicted molar refractivity (Wildman–Crippen MR) is 129 cm³/mol. The molecule has 6 rings (SSSR count). The van der Waals surface area contributed by atoms with Crippen LogP contribution in [-0.2, 0) is 15.8 Å². The number of amides is 4. The number of fused-ring (bicyclic) bond motifs is 1. The minimum absolute atomic E-state index is 0.140. The standard InChI is InChI=1S/C27H21F3N4O3/c28-27(29,30)18-9-6-10-19(13-18)33-25(36)23-15-32-14-22(34(23,16-32)26(33)37)24(35)31-21-12-5-4-11-20(21)17-7-2-1-3-8-17/h1-13,22-23H,14-16H2/p+1. The van der Waals surface area contributed by atoms with Gasteiger partial charge < -0.3 is 5.32 Å². The molecule has 0 aliphatic carbocycles. The molecule has 4 atom stereocenters. The van der Waals surface area contributed by atoms with E-state index in [1.165, 1.54) is 12.1 Å². The molecule has 3 aromatic rings. The van der Waals surface area contributed by atoms with Crippen molar-refractivity contribution in [3.63, 3.8) is 0 Å². The largest absolute Gasteiger partial charge is 0.433 e. The molecule has 3 unspecified atom stereocenters. The van der Waals surface area contributed by atoms with Crippen molar-refractivity contribution in [2.24, 2.45) is 0 Å². The molecule has 0 saturated carbocycles. The van der Waals surface area contributed by atoms with Gasteiger partial charge in [0.1, 0.15) is 6.67 Å². The molecule has 0 radical (unpaired) electrons. The van der Waals surface area contributed by atoms with Gasteiger partial charge in [-0.05, 0) is 29.8 Å². The second-order valence-electron chi connectivity index (χ2n) is 9.54. The number of anilines is 2. The first-order chi connectivity index (χ1) is 17.7. The topological polar surface area (TPSA) is 69.7 Å². The average Bonchev–Trinajstić information content (AvgIpc) is 3.53. The summed E-state index contributed by atoms with van der Waals surface area (Å²) in [6, 6.07) is 18.6. The molecule has 7 nitrogen and oxygen atoms in total. The molecular weight excluding hydrogens is 485 g/mol. The van der Waals surface area contributed by atoms with Crippen LogP contribution < -0.4 is 10.2 Å². The summed E-state index contributed by atoms with van der Waals surface area (Å²) in [5.41, 5.74) is 1.19. The fourth-order valence-electron chi connectivity index (χ4n) is 5.78. The first-order valence-corrected chi connectivity index (χ1v) is 11.8. The van der Waals surface area contributed by atoms with E-state index in [-0.39, 0.29) is 25.4 Å². The van der Waals surface area contributed by atoms with Crippen LogP contribution in [0.4, 0.5) is 29.3 Å². The van der Waals surface area contributed by atoms with E-state index in [0.29, 0.717) is 5.69 Å². The molecule has 3 fully saturated rings. The Hall–Kier alpha value is -4.02. The zero-order valence-corrected chi connectivity index (χ0v) is 19.5. The van der Waals surface area contributed by atoms with Crippen molar-refractivity contribution in [2.75, 3.05) is 30.0 Å². The summed E-state index contributed by atoms with van der Waals surface area (Å²) >= 11 is 0. The zero-order chi connectivity index (χ0) is 25.9. The Morgan fingerprint density at radius 3 is 2.41 bits per heavy atom. The lowest BCUT2D eigenvalue weighted by atomic mass is 10.0. The quantitative estimate of drug-likeness (QED) is 0.422. The average molecular weight is 507 g/mol. The maximum absolute atomic E-state index is 13.8. The number of hydrogen-bond acceptors (Lipinski definition) is 4. The zero-order valence-electron chi connectivity index (χ0n) is 19.5. The number of nitrogens with zero attached hydrogens (tertiary/aromatic N) is 3. The molecule has 1 N–H and O–H groups in total. The van der Waals surface area contributed by atoms with Gasteiger partial charge in [0, 0.05) is 11.3 Å². The smallest absolute Gasteiger partial charge is 0.320 e. The molecule has 3 saturated heterocycles. The van der Waals surface area contributed by atoms with Crippen molar-refractivity contribution in [1.82, 2.24) is 4.90 Å². The first-order valence-electron chi connectivity index (χ1n) is 11.8. The van der Waals surface area contributed by atoms with Gasteiger partial charge in [-0.1, -0.05) is 54.6 Å². The summed E-state index contributed by atoms with van der Waals surface area (Å²) in [5, 5.41) is 2.95. The molecule has 188 valence electrons. The number of para-hydroxylation sites is 1. The molecule has 3 aliphatic heterocycles. The number of rotatable bonds is 4. The van der Waals surface area contributed by atoms with E-state index in [2.05, 4.69) is 5.32 Å². The van der Waals surface area contributed by atoms with Crippen molar-refractivity contribution in [2.45, 2.75) is 18.3 Å². The van der Waals surface area contributed by atoms with Gasteiger partial charge >= 0.3 is 12.2 Å². The monoisotopic (exact) mass is 507 g/mol. The number of piperazine rings is 1. The van der Waals surface area contributed by atoms with Gasteiger partial charge in [0.25, 0.3) is 11.8 Å². The van der Waals surface area contributed by atoms with Gasteiger partial charge in [0.05, 0.1) is 24.3 Å². The number of halogens is 3. The fraction of sp³-hybridized carbons (Fsp3) is 0.222. The van der Waals surface area contributed by atoms with Crippen LogP contribution in [-0.4, -0.2) is 59.1 Å². The second kappa shape index (κ2) is 8.25. The van der Waals surface area contributed by atoms with Crippen molar-refractivity contribution >= 4 is 29.2 Å². The van der Waals surface area contributed by atoms with E-state index in [4.69, 9.17) is 0 Å². The van der Waals surface area contributed by atoms with Crippen molar-refractivity contribution in [3.8, 4) is 11.1 Å². The van der Waals surface area contributed by atoms with Crippen LogP contribution in [0, 0.1) is 0 Å². The number of alkyl halides is 3. The molecule has 2 bridgehead atoms. The highest BCUT2D eigenvalue weighted by molar-refractivity contribution is 6.19. The van der Waals surface area contributed by atoms with E-state index in [9.17, 15) is 27.6 Å². The van der Waals surface area contributed by atoms with Crippen LogP contribution in [0.15, 0.2) is 78.9 Å². The van der Waals surface area contributed by atoms with Gasteiger partial charge in [0.2, 0.25) is 0 Å². The van der Waals surface area contributed by atoms with Crippen LogP contribution in [0.25, 0.3) is 11.1 Å². The highest BCUT2D eigenvalue weighted by Gasteiger charge is 2.73. The van der Waals surface area contributed by atoms with E-state index in [1.54, 1.807) is 12.1 Å². The molecule has 10 heteroatoms. The highest BCUT2D eigenvalue weighted by atomic mass is 19.4. The van der Waals surface area contributed by atoms with E-state index in [0.717, 1.165) is 28.2 Å². The molecule has 0 aromatic heterocycles. The van der Waals surface area contributed by atoms with E-state index >= 15 is 0 Å². The summed E-state index contributed by atoms with van der Waals surface area (Å²) in [6.07, 6.45) is -4.62. The molecule has 4 amide bonds. The van der Waals surface area contributed by atoms with Crippen molar-refractivity contribution in [1.29, 1.82) is 0 Å². The molecule has 37 heavy (non-hydrogen) atoms. The summed E-state index contributed by atoms with van der Waals surface area (Å²) in [5.74, 6) is -1.00. The number of benzene rings is 3. The van der Waals surface area contributed by atoms with Gasteiger partial charge in [-0.25, -0.2) is 14.2 Å². The Morgan fingerprint density at radius 1 is 0.919 bits per heavy atom. The summed E-state index contributed by atoms with van der Waals surface area (Å²) in [4.78, 5) is 43.5. The van der Waals surface area contributed by atoms with Crippen LogP contribution in [0.2, 0.25) is 0 Å². The minimum atomic E-state index is -4.62. The predicted octanol–water partition coefficient (Wildman–Crippen LogP) is 4.32. The number of carbonyl (C=O) groups excluding carboxylic acids is 3. The lowest BCUT2D eigenvalue weighted by molar-refractivity contribution is -0.852. The number of urea groups is 1. The fourth-order valence-corrected chi connectivity index (χ4v) is 5.78. The Labute approximate surface area is 210 Å². The Morgan fingerprint density at radius 2 is 1.65 bits per heavy atom. The lowest BCUT2D eigenvalue weighted by Gasteiger charge is -2.32. The number of nitrogens with one attached hydrogen (secondary N) is 1. The number of imide groups is 1. The third-order valence-corrected chi connectivity index (χ3v) is 7.47. The lowest BCUT2D eigenvalue weighted by Crippen LogP contribution is -2.63. The number of carbonyl (C=O) groups is 3. The van der Waals surface area contributed by atoms with E-state index in [1.807, 2.05) is 47.4 Å². The van der Waals surface area contributed by atoms with Crippen molar-refractivity contribution in [3.05, 3.63) is 84.4 Å². The Bertz CT molecular complexity index is 1430. The summed E-state index contributed by atoms with van der Waals surface area (Å²) in [7, 11) is 0. The third-order valence-electron chi connectivity index (χ3n) is 7.47. The van der Waals surface area contributed by atoms with E-state index < -0.39 is 46.2 Å². The molecule has 3 heterocycles. The first kappa shape index (κ1) is 23.4. The van der Waals surface area contributed by atoms with Crippen LogP contribution >= 0.6 is 0 Å². The molecule has 3 aliphatic rings. The van der Waals surface area contributed by atoms with Gasteiger partial charge in [-0.2, -0.15) is 18.1 Å². The highest BCUT2D eigenvalue weighted by Crippen LogP contribution is 2.44. The number of hydrogen-bond donors (Lipinski definition) is 1. The SMILES string of the molecule is O=C(Nc1ccccc1-c1ccccc1)C1C[N@@]2CC3C(=O)N(c4cccc(C(F)(F)F)c4)C(=O)[N+]13C2. The van der Waals surface area contributed by atoms with Gasteiger partial charge in [0.15, 0.2) is 12.1 Å². The maximum atomic E-state index is 13.8. The molecule has 1 spiro atoms. The minimum Gasteiger partial charge on any atom is -0.320 e. The number of quaternary nitrogens is 1. The molecular formula is C27H22F3N4O3+. The van der Waals surface area contributed by atoms with Crippen LogP contribution in [0.5, 0.6) is 0 Å². The van der Waals surface area contributed by atoms with Crippen LogP contribution in [0.3, 0.4) is 0 Å². The van der Waals surface area contributed by atoms with Gasteiger partial charge in [-0.3, -0.25) is 9.59 Å².